The fourth-order valence-electron chi connectivity index (χ4n) is 3.72. The van der Waals surface area contributed by atoms with E-state index in [1.165, 1.54) is 5.56 Å². The van der Waals surface area contributed by atoms with E-state index in [2.05, 4.69) is 34.6 Å². The highest BCUT2D eigenvalue weighted by molar-refractivity contribution is 6.06. The summed E-state index contributed by atoms with van der Waals surface area (Å²) in [6, 6.07) is 7.80. The SMILES string of the molecule is CCc1cccc(OCCN2CCC[C@@H]([C@]3(C)NC(=O)NC3=O)C2)c1. The molecule has 2 fully saturated rings. The van der Waals surface area contributed by atoms with Crippen molar-refractivity contribution < 1.29 is 14.3 Å². The molecule has 0 radical (unpaired) electrons. The number of hydrogen-bond acceptors (Lipinski definition) is 4. The molecule has 2 N–H and O–H groups in total. The van der Waals surface area contributed by atoms with Crippen LogP contribution in [-0.2, 0) is 11.2 Å². The van der Waals surface area contributed by atoms with Crippen molar-refractivity contribution in [3.05, 3.63) is 29.8 Å². The number of ether oxygens (including phenoxy) is 1. The smallest absolute Gasteiger partial charge is 0.322 e. The molecule has 1 aromatic rings. The van der Waals surface area contributed by atoms with Gasteiger partial charge < -0.3 is 10.1 Å². The summed E-state index contributed by atoms with van der Waals surface area (Å²) in [5, 5.41) is 5.17. The highest BCUT2D eigenvalue weighted by Gasteiger charge is 2.48. The lowest BCUT2D eigenvalue weighted by molar-refractivity contribution is -0.126. The molecule has 2 aliphatic heterocycles. The second-order valence-corrected chi connectivity index (χ2v) is 7.10. The van der Waals surface area contributed by atoms with Gasteiger partial charge in [0.25, 0.3) is 5.91 Å². The monoisotopic (exact) mass is 345 g/mol. The maximum Gasteiger partial charge on any atom is 0.322 e. The van der Waals surface area contributed by atoms with Gasteiger partial charge in [-0.15, -0.1) is 0 Å². The van der Waals surface area contributed by atoms with Gasteiger partial charge in [-0.3, -0.25) is 15.0 Å². The first-order valence-corrected chi connectivity index (χ1v) is 9.09. The van der Waals surface area contributed by atoms with Crippen LogP contribution in [0.15, 0.2) is 24.3 Å². The average molecular weight is 345 g/mol. The van der Waals surface area contributed by atoms with Gasteiger partial charge >= 0.3 is 6.03 Å². The van der Waals surface area contributed by atoms with Crippen molar-refractivity contribution in [2.45, 2.75) is 38.6 Å². The zero-order valence-corrected chi connectivity index (χ0v) is 15.0. The molecule has 0 aliphatic carbocycles. The van der Waals surface area contributed by atoms with Crippen LogP contribution in [0.4, 0.5) is 4.79 Å². The Kier molecular flexibility index (Phi) is 5.27. The third kappa shape index (κ3) is 3.95. The largest absolute Gasteiger partial charge is 0.492 e. The average Bonchev–Trinajstić information content (AvgIpc) is 2.88. The first-order valence-electron chi connectivity index (χ1n) is 9.09. The molecule has 2 saturated heterocycles. The van der Waals surface area contributed by atoms with Crippen LogP contribution in [-0.4, -0.2) is 48.6 Å². The van der Waals surface area contributed by atoms with Crippen molar-refractivity contribution in [3.8, 4) is 5.75 Å². The predicted molar refractivity (Wildman–Crippen MR) is 95.6 cm³/mol. The van der Waals surface area contributed by atoms with E-state index in [-0.39, 0.29) is 17.9 Å². The number of rotatable bonds is 6. The number of imide groups is 1. The molecule has 0 unspecified atom stereocenters. The van der Waals surface area contributed by atoms with Gasteiger partial charge in [0.05, 0.1) is 0 Å². The maximum atomic E-state index is 12.1. The second-order valence-electron chi connectivity index (χ2n) is 7.10. The third-order valence-corrected chi connectivity index (χ3v) is 5.38. The van der Waals surface area contributed by atoms with Gasteiger partial charge in [-0.05, 0) is 50.4 Å². The number of benzene rings is 1. The molecule has 0 spiro atoms. The summed E-state index contributed by atoms with van der Waals surface area (Å²) in [5.41, 5.74) is 0.470. The maximum absolute atomic E-state index is 12.1. The van der Waals surface area contributed by atoms with E-state index in [1.54, 1.807) is 0 Å². The van der Waals surface area contributed by atoms with Gasteiger partial charge in [0.1, 0.15) is 17.9 Å². The Morgan fingerprint density at radius 3 is 2.92 bits per heavy atom. The van der Waals surface area contributed by atoms with Crippen LogP contribution in [0.2, 0.25) is 0 Å². The minimum atomic E-state index is -0.800. The van der Waals surface area contributed by atoms with E-state index in [0.717, 1.165) is 44.6 Å². The number of carbonyl (C=O) groups is 2. The van der Waals surface area contributed by atoms with E-state index < -0.39 is 5.54 Å². The second kappa shape index (κ2) is 7.44. The summed E-state index contributed by atoms with van der Waals surface area (Å²) in [5.74, 6) is 0.815. The number of urea groups is 1. The van der Waals surface area contributed by atoms with E-state index in [1.807, 2.05) is 19.1 Å². The summed E-state index contributed by atoms with van der Waals surface area (Å²) in [6.07, 6.45) is 2.96. The summed E-state index contributed by atoms with van der Waals surface area (Å²) < 4.78 is 5.88. The van der Waals surface area contributed by atoms with Crippen LogP contribution in [0.5, 0.6) is 5.75 Å². The lowest BCUT2D eigenvalue weighted by Crippen LogP contribution is -2.56. The Hall–Kier alpha value is -2.08. The Morgan fingerprint density at radius 1 is 1.36 bits per heavy atom. The van der Waals surface area contributed by atoms with Crippen molar-refractivity contribution in [2.75, 3.05) is 26.2 Å². The van der Waals surface area contributed by atoms with Crippen LogP contribution >= 0.6 is 0 Å². The van der Waals surface area contributed by atoms with Gasteiger partial charge in [0.15, 0.2) is 0 Å². The molecule has 1 aromatic carbocycles. The van der Waals surface area contributed by atoms with Crippen molar-refractivity contribution in [1.29, 1.82) is 0 Å². The number of likely N-dealkylation sites (tertiary alicyclic amines) is 1. The highest BCUT2D eigenvalue weighted by atomic mass is 16.5. The number of carbonyl (C=O) groups excluding carboxylic acids is 2. The molecular weight excluding hydrogens is 318 g/mol. The molecule has 25 heavy (non-hydrogen) atoms. The van der Waals surface area contributed by atoms with Crippen molar-refractivity contribution in [1.82, 2.24) is 15.5 Å². The summed E-state index contributed by atoms with van der Waals surface area (Å²) in [7, 11) is 0. The Labute approximate surface area is 148 Å². The van der Waals surface area contributed by atoms with Gasteiger partial charge in [0.2, 0.25) is 0 Å². The molecule has 6 nitrogen and oxygen atoms in total. The van der Waals surface area contributed by atoms with Crippen molar-refractivity contribution in [2.24, 2.45) is 5.92 Å². The fraction of sp³-hybridized carbons (Fsp3) is 0.579. The van der Waals surface area contributed by atoms with Gasteiger partial charge in [0, 0.05) is 19.0 Å². The van der Waals surface area contributed by atoms with Crippen molar-refractivity contribution >= 4 is 11.9 Å². The highest BCUT2D eigenvalue weighted by Crippen LogP contribution is 2.29. The minimum absolute atomic E-state index is 0.121. The van der Waals surface area contributed by atoms with E-state index >= 15 is 0 Å². The molecule has 0 aromatic heterocycles. The fourth-order valence-corrected chi connectivity index (χ4v) is 3.72. The molecule has 3 rings (SSSR count). The molecule has 3 amide bonds. The molecule has 136 valence electrons. The zero-order chi connectivity index (χ0) is 17.9. The lowest BCUT2D eigenvalue weighted by Gasteiger charge is -2.39. The standard InChI is InChI=1S/C19H27N3O3/c1-3-14-6-4-8-16(12-14)25-11-10-22-9-5-7-15(13-22)19(2)17(23)20-18(24)21-19/h4,6,8,12,15H,3,5,7,9-11,13H2,1-2H3,(H2,20,21,23,24)/t15-,19+/m1/s1. The third-order valence-electron chi connectivity index (χ3n) is 5.38. The molecule has 6 heteroatoms. The van der Waals surface area contributed by atoms with E-state index in [4.69, 9.17) is 4.74 Å². The first-order chi connectivity index (χ1) is 12.0. The number of piperidine rings is 1. The molecular formula is C19H27N3O3. The van der Waals surface area contributed by atoms with Crippen LogP contribution in [0.1, 0.15) is 32.3 Å². The van der Waals surface area contributed by atoms with Crippen LogP contribution in [0, 0.1) is 5.92 Å². The van der Waals surface area contributed by atoms with Gasteiger partial charge in [-0.2, -0.15) is 0 Å². The summed E-state index contributed by atoms with van der Waals surface area (Å²) >= 11 is 0. The van der Waals surface area contributed by atoms with Gasteiger partial charge in [-0.1, -0.05) is 19.1 Å². The molecule has 2 heterocycles. The Balaban J connectivity index is 1.52. The number of nitrogens with zero attached hydrogens (tertiary/aromatic N) is 1. The van der Waals surface area contributed by atoms with Crippen LogP contribution in [0.3, 0.4) is 0 Å². The number of aryl methyl sites for hydroxylation is 1. The minimum Gasteiger partial charge on any atom is -0.492 e. The van der Waals surface area contributed by atoms with Crippen LogP contribution in [0.25, 0.3) is 0 Å². The first kappa shape index (κ1) is 17.7. The lowest BCUT2D eigenvalue weighted by atomic mass is 9.80. The topological polar surface area (TPSA) is 70.7 Å². The molecule has 2 aliphatic rings. The number of hydrogen-bond donors (Lipinski definition) is 2. The molecule has 2 atom stereocenters. The summed E-state index contributed by atoms with van der Waals surface area (Å²) in [6.45, 7) is 7.19. The molecule has 0 saturated carbocycles. The summed E-state index contributed by atoms with van der Waals surface area (Å²) in [4.78, 5) is 26.0. The number of nitrogens with one attached hydrogen (secondary N) is 2. The quantitative estimate of drug-likeness (QED) is 0.773. The Morgan fingerprint density at radius 2 is 2.20 bits per heavy atom. The van der Waals surface area contributed by atoms with E-state index in [0.29, 0.717) is 6.61 Å². The van der Waals surface area contributed by atoms with E-state index in [9.17, 15) is 9.59 Å². The number of amides is 3. The predicted octanol–water partition coefficient (Wildman–Crippen LogP) is 1.94. The van der Waals surface area contributed by atoms with Gasteiger partial charge in [-0.25, -0.2) is 4.79 Å². The molecule has 0 bridgehead atoms. The normalized spacial score (nSPS) is 27.0. The van der Waals surface area contributed by atoms with Crippen molar-refractivity contribution in [3.63, 3.8) is 0 Å². The van der Waals surface area contributed by atoms with Crippen LogP contribution < -0.4 is 15.4 Å². The zero-order valence-electron chi connectivity index (χ0n) is 15.0. The Bertz CT molecular complexity index is 649.